The average Bonchev–Trinajstić information content (AvgIpc) is 3.13. The van der Waals surface area contributed by atoms with E-state index in [1.807, 2.05) is 0 Å². The van der Waals surface area contributed by atoms with Crippen molar-refractivity contribution >= 4 is 35.5 Å². The number of carbonyl (C=O) groups is 5. The second kappa shape index (κ2) is 18.5. The maximum absolute atomic E-state index is 12.8. The molecule has 304 valence electrons. The van der Waals surface area contributed by atoms with Crippen LogP contribution in [0.4, 0.5) is 5.69 Å². The van der Waals surface area contributed by atoms with Crippen molar-refractivity contribution in [2.45, 2.75) is 102 Å². The fourth-order valence-electron chi connectivity index (χ4n) is 6.39. The van der Waals surface area contributed by atoms with E-state index in [0.717, 1.165) is 27.7 Å². The summed E-state index contributed by atoms with van der Waals surface area (Å²) in [5.41, 5.74) is 0.375. The second-order valence-corrected chi connectivity index (χ2v) is 12.8. The summed E-state index contributed by atoms with van der Waals surface area (Å²) in [6, 6.07) is 10.7. The fourth-order valence-corrected chi connectivity index (χ4v) is 6.39. The van der Waals surface area contributed by atoms with Gasteiger partial charge in [0.15, 0.2) is 30.9 Å². The van der Waals surface area contributed by atoms with Crippen molar-refractivity contribution in [3.63, 3.8) is 0 Å². The first-order valence-electron chi connectivity index (χ1n) is 17.3. The standard InChI is InChI=1S/C36H42N2O18/c1-17(39)37-28-31(56-36-33(51-21(5)43)32(50-20(4)42)30(49-19(3)41)26(54-36)15-47-18(2)40)29-27(16-48-34(55-29)22-7-11-24(46-6)12-8-22)53-35(28)52-25-13-9-23(10-14-25)38(44)45/h7-14,26-36H,15-16H2,1-6H3,(H,37,39)/t26-,27-,28-,29+,30+,31-,32+,33-,34?,35+,36+/m1/s1. The van der Waals surface area contributed by atoms with Crippen molar-refractivity contribution in [3.8, 4) is 11.5 Å². The van der Waals surface area contributed by atoms with Gasteiger partial charge in [-0.05, 0) is 24.3 Å². The Balaban J connectivity index is 1.58. The fraction of sp³-hybridized carbons (Fsp3) is 0.528. The van der Waals surface area contributed by atoms with Gasteiger partial charge in [-0.25, -0.2) is 0 Å². The lowest BCUT2D eigenvalue weighted by Gasteiger charge is -2.51. The largest absolute Gasteiger partial charge is 0.497 e. The van der Waals surface area contributed by atoms with Crippen LogP contribution in [0.5, 0.6) is 11.5 Å². The van der Waals surface area contributed by atoms with Gasteiger partial charge in [-0.2, -0.15) is 0 Å². The van der Waals surface area contributed by atoms with Crippen molar-refractivity contribution in [2.75, 3.05) is 20.3 Å². The lowest BCUT2D eigenvalue weighted by atomic mass is 9.94. The molecule has 5 rings (SSSR count). The van der Waals surface area contributed by atoms with Crippen LogP contribution in [0.1, 0.15) is 46.5 Å². The minimum atomic E-state index is -1.69. The van der Waals surface area contributed by atoms with Crippen LogP contribution in [0.3, 0.4) is 0 Å². The van der Waals surface area contributed by atoms with Crippen molar-refractivity contribution in [2.24, 2.45) is 0 Å². The molecule has 11 atom stereocenters. The Morgan fingerprint density at radius 2 is 1.36 bits per heavy atom. The van der Waals surface area contributed by atoms with E-state index in [-0.39, 0.29) is 18.0 Å². The average molecular weight is 791 g/mol. The highest BCUT2D eigenvalue weighted by Gasteiger charge is 2.58. The van der Waals surface area contributed by atoms with E-state index in [9.17, 15) is 34.1 Å². The van der Waals surface area contributed by atoms with Gasteiger partial charge in [-0.1, -0.05) is 12.1 Å². The molecule has 0 bridgehead atoms. The summed E-state index contributed by atoms with van der Waals surface area (Å²) in [7, 11) is 1.51. The van der Waals surface area contributed by atoms with Crippen LogP contribution in [-0.2, 0) is 66.6 Å². The molecular formula is C36H42N2O18. The van der Waals surface area contributed by atoms with Crippen molar-refractivity contribution < 1.29 is 81.0 Å². The quantitative estimate of drug-likeness (QED) is 0.132. The number of nitrogens with one attached hydrogen (secondary N) is 1. The molecule has 56 heavy (non-hydrogen) atoms. The molecule has 3 aliphatic rings. The van der Waals surface area contributed by atoms with Gasteiger partial charge in [0, 0.05) is 52.3 Å². The van der Waals surface area contributed by atoms with E-state index in [1.54, 1.807) is 24.3 Å². The SMILES string of the molecule is COc1ccc(C2OC[C@H]3O[C@H](Oc4ccc([N+](=O)[O-])cc4)[C@H](NC(C)=O)[C@@H](O[C@@H]4O[C@H](COC(C)=O)[C@H](OC(C)=O)[C@H](OC(C)=O)[C@H]4OC(C)=O)[C@H]3O2)cc1. The van der Waals surface area contributed by atoms with Gasteiger partial charge in [0.05, 0.1) is 18.6 Å². The van der Waals surface area contributed by atoms with Gasteiger partial charge in [-0.3, -0.25) is 34.1 Å². The number of nitro benzene ring substituents is 1. The topological polar surface area (TPSA) is 242 Å². The van der Waals surface area contributed by atoms with Crippen LogP contribution >= 0.6 is 0 Å². The van der Waals surface area contributed by atoms with E-state index >= 15 is 0 Å². The molecular weight excluding hydrogens is 748 g/mol. The maximum atomic E-state index is 12.8. The molecule has 20 heteroatoms. The van der Waals surface area contributed by atoms with Gasteiger partial charge in [0.1, 0.15) is 48.6 Å². The summed E-state index contributed by atoms with van der Waals surface area (Å²) in [5.74, 6) is -3.14. The Morgan fingerprint density at radius 3 is 1.93 bits per heavy atom. The normalized spacial score (nSPS) is 29.7. The highest BCUT2D eigenvalue weighted by Crippen LogP contribution is 2.39. The number of hydrogen-bond acceptors (Lipinski definition) is 18. The van der Waals surface area contributed by atoms with E-state index in [0.29, 0.717) is 11.3 Å². The number of nitro groups is 1. The number of benzene rings is 2. The number of methoxy groups -OCH3 is 1. The number of esters is 4. The Kier molecular flexibility index (Phi) is 13.8. The number of ether oxygens (including phenoxy) is 11. The van der Waals surface area contributed by atoms with Gasteiger partial charge < -0.3 is 57.4 Å². The Labute approximate surface area is 319 Å². The zero-order valence-electron chi connectivity index (χ0n) is 31.2. The number of amides is 1. The predicted molar refractivity (Wildman–Crippen MR) is 183 cm³/mol. The Hall–Kier alpha value is -5.41. The van der Waals surface area contributed by atoms with Crippen LogP contribution in [-0.4, -0.2) is 116 Å². The first-order valence-corrected chi connectivity index (χ1v) is 17.3. The molecule has 2 aromatic rings. The van der Waals surface area contributed by atoms with Crippen LogP contribution in [0.2, 0.25) is 0 Å². The third-order valence-corrected chi connectivity index (χ3v) is 8.64. The van der Waals surface area contributed by atoms with Crippen LogP contribution < -0.4 is 14.8 Å². The lowest BCUT2D eigenvalue weighted by molar-refractivity contribution is -0.385. The van der Waals surface area contributed by atoms with E-state index in [1.165, 1.54) is 38.3 Å². The van der Waals surface area contributed by atoms with Crippen molar-refractivity contribution in [1.29, 1.82) is 0 Å². The number of nitrogens with zero attached hydrogens (tertiary/aromatic N) is 1. The summed E-state index contributed by atoms with van der Waals surface area (Å²) in [6.45, 7) is 4.97. The molecule has 2 aromatic carbocycles. The predicted octanol–water partition coefficient (Wildman–Crippen LogP) is 1.79. The molecule has 3 saturated heterocycles. The highest BCUT2D eigenvalue weighted by molar-refractivity contribution is 5.73. The zero-order valence-corrected chi connectivity index (χ0v) is 31.2. The molecule has 1 unspecified atom stereocenters. The summed E-state index contributed by atoms with van der Waals surface area (Å²) in [6.07, 6.45) is -13.5. The molecule has 0 aromatic heterocycles. The van der Waals surface area contributed by atoms with Gasteiger partial charge in [-0.15, -0.1) is 0 Å². The first-order chi connectivity index (χ1) is 26.6. The summed E-state index contributed by atoms with van der Waals surface area (Å²) >= 11 is 0. The summed E-state index contributed by atoms with van der Waals surface area (Å²) < 4.78 is 65.0. The van der Waals surface area contributed by atoms with E-state index in [4.69, 9.17) is 52.1 Å². The first kappa shape index (κ1) is 41.7. The van der Waals surface area contributed by atoms with Crippen molar-refractivity contribution in [3.05, 3.63) is 64.2 Å². The molecule has 3 heterocycles. The lowest BCUT2D eigenvalue weighted by Crippen LogP contribution is -2.70. The molecule has 1 N–H and O–H groups in total. The molecule has 0 aliphatic carbocycles. The monoisotopic (exact) mass is 790 g/mol. The number of non-ortho nitro benzene ring substituents is 1. The van der Waals surface area contributed by atoms with Crippen molar-refractivity contribution in [1.82, 2.24) is 5.32 Å². The molecule has 20 nitrogen and oxygen atoms in total. The summed E-state index contributed by atoms with van der Waals surface area (Å²) in [4.78, 5) is 72.7. The molecule has 3 aliphatic heterocycles. The Bertz CT molecular complexity index is 1740. The molecule has 0 spiro atoms. The summed E-state index contributed by atoms with van der Waals surface area (Å²) in [5, 5.41) is 14.1. The molecule has 0 radical (unpaired) electrons. The van der Waals surface area contributed by atoms with E-state index in [2.05, 4.69) is 5.32 Å². The van der Waals surface area contributed by atoms with Crippen LogP contribution in [0.15, 0.2) is 48.5 Å². The smallest absolute Gasteiger partial charge is 0.303 e. The van der Waals surface area contributed by atoms with Gasteiger partial charge in [0.25, 0.3) is 5.69 Å². The van der Waals surface area contributed by atoms with Gasteiger partial charge in [0.2, 0.25) is 12.2 Å². The molecule has 1 amide bonds. The van der Waals surface area contributed by atoms with Crippen LogP contribution in [0, 0.1) is 10.1 Å². The number of fused-ring (bicyclic) bond motifs is 1. The van der Waals surface area contributed by atoms with Gasteiger partial charge >= 0.3 is 23.9 Å². The highest BCUT2D eigenvalue weighted by atomic mass is 16.8. The number of rotatable bonds is 13. The minimum Gasteiger partial charge on any atom is -0.497 e. The second-order valence-electron chi connectivity index (χ2n) is 12.8. The van der Waals surface area contributed by atoms with Crippen LogP contribution in [0.25, 0.3) is 0 Å². The molecule has 3 fully saturated rings. The maximum Gasteiger partial charge on any atom is 0.303 e. The zero-order chi connectivity index (χ0) is 40.7. The third-order valence-electron chi connectivity index (χ3n) is 8.64. The number of carbonyl (C=O) groups excluding carboxylic acids is 5. The Morgan fingerprint density at radius 1 is 0.750 bits per heavy atom. The molecule has 0 saturated carbocycles. The number of hydrogen-bond donors (Lipinski definition) is 1. The van der Waals surface area contributed by atoms with E-state index < -0.39 is 109 Å². The third kappa shape index (κ3) is 10.5. The minimum absolute atomic E-state index is 0.104.